The number of methoxy groups -OCH3 is 1. The van der Waals surface area contributed by atoms with Gasteiger partial charge in [-0.05, 0) is 42.5 Å². The van der Waals surface area contributed by atoms with E-state index in [4.69, 9.17) is 4.74 Å². The van der Waals surface area contributed by atoms with Crippen LogP contribution in [-0.2, 0) is 11.3 Å². The molecule has 0 unspecified atom stereocenters. The second kappa shape index (κ2) is 7.67. The number of fused-ring (bicyclic) bond motifs is 1. The number of carbonyl (C=O) groups is 2. The van der Waals surface area contributed by atoms with Crippen LogP contribution in [0, 0.1) is 0 Å². The molecule has 3 rings (SSSR count). The van der Waals surface area contributed by atoms with Crippen LogP contribution in [0.15, 0.2) is 53.1 Å². The smallest absolute Gasteiger partial charge is 0.454 e. The van der Waals surface area contributed by atoms with E-state index >= 15 is 0 Å². The van der Waals surface area contributed by atoms with Crippen molar-refractivity contribution in [3.8, 4) is 5.75 Å². The molecule has 5 nitrogen and oxygen atoms in total. The highest BCUT2D eigenvalue weighted by Crippen LogP contribution is 2.30. The number of Topliss-reactive ketones (excluding diaryl/α,β-unsaturated/α-hetero) is 1. The van der Waals surface area contributed by atoms with Crippen LogP contribution in [0.2, 0.25) is 0 Å². The summed E-state index contributed by atoms with van der Waals surface area (Å²) in [5.74, 6) is -1.78. The molecule has 0 aliphatic rings. The van der Waals surface area contributed by atoms with Crippen LogP contribution in [0.25, 0.3) is 10.9 Å². The number of hydrogen-bond acceptors (Lipinski definition) is 3. The normalized spacial score (nSPS) is 11.5. The number of benzene rings is 2. The van der Waals surface area contributed by atoms with Crippen molar-refractivity contribution in [2.45, 2.75) is 12.7 Å². The number of aromatic nitrogens is 1. The van der Waals surface area contributed by atoms with Gasteiger partial charge in [-0.25, -0.2) is 0 Å². The maximum absolute atomic E-state index is 12.9. The molecule has 0 aliphatic heterocycles. The predicted molar refractivity (Wildman–Crippen MR) is 102 cm³/mol. The van der Waals surface area contributed by atoms with Gasteiger partial charge in [-0.3, -0.25) is 9.59 Å². The lowest BCUT2D eigenvalue weighted by Gasteiger charge is -2.08. The van der Waals surface area contributed by atoms with E-state index < -0.39 is 23.4 Å². The summed E-state index contributed by atoms with van der Waals surface area (Å²) >= 11 is 3.19. The summed E-state index contributed by atoms with van der Waals surface area (Å²) in [5.41, 5.74) is 0.360. The van der Waals surface area contributed by atoms with Crippen LogP contribution in [-0.4, -0.2) is 29.5 Å². The average molecular weight is 455 g/mol. The van der Waals surface area contributed by atoms with Crippen molar-refractivity contribution < 1.29 is 27.5 Å². The predicted octanol–water partition coefficient (Wildman–Crippen LogP) is 4.80. The third-order valence-corrected chi connectivity index (χ3v) is 4.53. The van der Waals surface area contributed by atoms with Gasteiger partial charge in [-0.2, -0.15) is 13.2 Å². The van der Waals surface area contributed by atoms with Crippen molar-refractivity contribution in [1.82, 2.24) is 4.57 Å². The van der Waals surface area contributed by atoms with Gasteiger partial charge in [0.1, 0.15) is 12.3 Å². The molecule has 28 heavy (non-hydrogen) atoms. The van der Waals surface area contributed by atoms with Gasteiger partial charge in [0.05, 0.1) is 12.7 Å². The van der Waals surface area contributed by atoms with Gasteiger partial charge in [0.2, 0.25) is 5.91 Å². The lowest BCUT2D eigenvalue weighted by atomic mass is 10.1. The zero-order chi connectivity index (χ0) is 20.5. The van der Waals surface area contributed by atoms with E-state index in [1.807, 2.05) is 0 Å². The summed E-state index contributed by atoms with van der Waals surface area (Å²) in [7, 11) is 1.52. The minimum atomic E-state index is -5.01. The number of alkyl halides is 3. The first-order valence-electron chi connectivity index (χ1n) is 8.03. The molecule has 1 amide bonds. The van der Waals surface area contributed by atoms with Gasteiger partial charge >= 0.3 is 6.18 Å². The average Bonchev–Trinajstić information content (AvgIpc) is 2.98. The SMILES string of the molecule is COc1ccc(NC(=O)Cn2cc(C(=O)C(F)(F)F)c3cc(Br)ccc32)cc1. The number of anilines is 1. The van der Waals surface area contributed by atoms with Gasteiger partial charge < -0.3 is 14.6 Å². The highest BCUT2D eigenvalue weighted by atomic mass is 79.9. The van der Waals surface area contributed by atoms with Crippen molar-refractivity contribution >= 4 is 44.2 Å². The molecule has 1 aromatic heterocycles. The first kappa shape index (κ1) is 19.9. The molecular weight excluding hydrogens is 441 g/mol. The standard InChI is InChI=1S/C19H14BrF3N2O3/c1-28-13-5-3-12(4-6-13)24-17(26)10-25-9-15(18(27)19(21,22)23)14-8-11(20)2-7-16(14)25/h2-9H,10H2,1H3,(H,24,26). The lowest BCUT2D eigenvalue weighted by Crippen LogP contribution is -2.22. The van der Waals surface area contributed by atoms with E-state index in [-0.39, 0.29) is 11.9 Å². The van der Waals surface area contributed by atoms with Crippen LogP contribution in [0.1, 0.15) is 10.4 Å². The Kier molecular flexibility index (Phi) is 5.46. The second-order valence-corrected chi connectivity index (χ2v) is 6.85. The van der Waals surface area contributed by atoms with Crippen molar-refractivity contribution in [2.75, 3.05) is 12.4 Å². The number of ether oxygens (including phenoxy) is 1. The molecule has 1 heterocycles. The molecule has 0 atom stereocenters. The van der Waals surface area contributed by atoms with E-state index in [0.29, 0.717) is 21.4 Å². The number of amides is 1. The van der Waals surface area contributed by atoms with Crippen LogP contribution >= 0.6 is 15.9 Å². The highest BCUT2D eigenvalue weighted by molar-refractivity contribution is 9.10. The Morgan fingerprint density at radius 3 is 2.43 bits per heavy atom. The summed E-state index contributed by atoms with van der Waals surface area (Å²) in [6.45, 7) is -0.255. The largest absolute Gasteiger partial charge is 0.497 e. The van der Waals surface area contributed by atoms with Gasteiger partial charge in [-0.15, -0.1) is 0 Å². The fraction of sp³-hybridized carbons (Fsp3) is 0.158. The maximum atomic E-state index is 12.9. The number of halogens is 4. The molecule has 146 valence electrons. The minimum Gasteiger partial charge on any atom is -0.497 e. The Morgan fingerprint density at radius 1 is 1.14 bits per heavy atom. The molecule has 1 N–H and O–H groups in total. The van der Waals surface area contributed by atoms with Crippen LogP contribution in [0.3, 0.4) is 0 Å². The Morgan fingerprint density at radius 2 is 1.82 bits per heavy atom. The number of carbonyl (C=O) groups excluding carboxylic acids is 2. The van der Waals surface area contributed by atoms with Crippen molar-refractivity contribution in [3.05, 3.63) is 58.7 Å². The van der Waals surface area contributed by atoms with E-state index in [2.05, 4.69) is 21.2 Å². The highest BCUT2D eigenvalue weighted by Gasteiger charge is 2.40. The van der Waals surface area contributed by atoms with E-state index in [0.717, 1.165) is 6.20 Å². The van der Waals surface area contributed by atoms with Gasteiger partial charge in [-0.1, -0.05) is 15.9 Å². The molecule has 3 aromatic rings. The van der Waals surface area contributed by atoms with Crippen molar-refractivity contribution in [3.63, 3.8) is 0 Å². The Labute approximate surface area is 166 Å². The number of nitrogens with zero attached hydrogens (tertiary/aromatic N) is 1. The van der Waals surface area contributed by atoms with Gasteiger partial charge in [0.15, 0.2) is 0 Å². The Bertz CT molecular complexity index is 1040. The fourth-order valence-corrected chi connectivity index (χ4v) is 3.12. The second-order valence-electron chi connectivity index (χ2n) is 5.94. The molecule has 0 spiro atoms. The molecule has 9 heteroatoms. The third-order valence-electron chi connectivity index (χ3n) is 4.03. The van der Waals surface area contributed by atoms with Gasteiger partial charge in [0.25, 0.3) is 5.78 Å². The zero-order valence-electron chi connectivity index (χ0n) is 14.5. The van der Waals surface area contributed by atoms with E-state index in [1.165, 1.54) is 17.7 Å². The Balaban J connectivity index is 1.90. The minimum absolute atomic E-state index is 0.119. The molecule has 2 aromatic carbocycles. The fourth-order valence-electron chi connectivity index (χ4n) is 2.76. The Hall–Kier alpha value is -2.81. The van der Waals surface area contributed by atoms with Crippen LogP contribution in [0.4, 0.5) is 18.9 Å². The first-order valence-corrected chi connectivity index (χ1v) is 8.82. The summed E-state index contributed by atoms with van der Waals surface area (Å²) < 4.78 is 45.7. The summed E-state index contributed by atoms with van der Waals surface area (Å²) in [4.78, 5) is 24.1. The zero-order valence-corrected chi connectivity index (χ0v) is 16.1. The van der Waals surface area contributed by atoms with E-state index in [1.54, 1.807) is 36.4 Å². The molecule has 0 aliphatic carbocycles. The quantitative estimate of drug-likeness (QED) is 0.563. The summed E-state index contributed by atoms with van der Waals surface area (Å²) in [6, 6.07) is 11.2. The van der Waals surface area contributed by atoms with Crippen LogP contribution < -0.4 is 10.1 Å². The number of ketones is 1. The number of hydrogen-bond donors (Lipinski definition) is 1. The van der Waals surface area contributed by atoms with Gasteiger partial charge in [0, 0.05) is 27.3 Å². The summed E-state index contributed by atoms with van der Waals surface area (Å²) in [6.07, 6.45) is -3.95. The number of rotatable bonds is 5. The topological polar surface area (TPSA) is 60.3 Å². The maximum Gasteiger partial charge on any atom is 0.454 e. The third kappa shape index (κ3) is 4.19. The first-order chi connectivity index (χ1) is 13.2. The molecule has 0 saturated carbocycles. The van der Waals surface area contributed by atoms with Crippen LogP contribution in [0.5, 0.6) is 5.75 Å². The molecular formula is C19H14BrF3N2O3. The summed E-state index contributed by atoms with van der Waals surface area (Å²) in [5, 5.41) is 2.77. The molecule has 0 bridgehead atoms. The number of nitrogens with one attached hydrogen (secondary N) is 1. The van der Waals surface area contributed by atoms with E-state index in [9.17, 15) is 22.8 Å². The molecule has 0 saturated heterocycles. The van der Waals surface area contributed by atoms with Crippen molar-refractivity contribution in [2.24, 2.45) is 0 Å². The molecule has 0 fully saturated rings. The molecule has 0 radical (unpaired) electrons. The lowest BCUT2D eigenvalue weighted by molar-refractivity contribution is -0.116. The monoisotopic (exact) mass is 454 g/mol. The van der Waals surface area contributed by atoms with Crippen molar-refractivity contribution in [1.29, 1.82) is 0 Å².